The van der Waals surface area contributed by atoms with Crippen molar-refractivity contribution < 1.29 is 18.5 Å². The number of rotatable bonds is 8. The third-order valence-corrected chi connectivity index (χ3v) is 8.87. The SMILES string of the molecule is CC(=O)C(C)(COSc1ccc(C)cc1)C(=O)OC(C)(C)C1(C)CC2CC(C)CC(C2)C1. The lowest BCUT2D eigenvalue weighted by Gasteiger charge is -2.53. The first-order valence-corrected chi connectivity index (χ1v) is 12.7. The van der Waals surface area contributed by atoms with E-state index in [1.807, 2.05) is 45.0 Å². The Morgan fingerprint density at radius 3 is 2.16 bits per heavy atom. The molecule has 2 aliphatic rings. The minimum Gasteiger partial charge on any atom is -0.458 e. The summed E-state index contributed by atoms with van der Waals surface area (Å²) in [6.07, 6.45) is 5.99. The number of ketones is 1. The highest BCUT2D eigenvalue weighted by Crippen LogP contribution is 2.55. The van der Waals surface area contributed by atoms with E-state index in [-0.39, 0.29) is 17.8 Å². The zero-order chi connectivity index (χ0) is 23.7. The van der Waals surface area contributed by atoms with Crippen LogP contribution < -0.4 is 0 Å². The number of fused-ring (bicyclic) bond motifs is 2. The second-order valence-corrected chi connectivity index (χ2v) is 12.3. The van der Waals surface area contributed by atoms with Gasteiger partial charge in [-0.15, -0.1) is 0 Å². The van der Waals surface area contributed by atoms with Gasteiger partial charge in [-0.25, -0.2) is 0 Å². The summed E-state index contributed by atoms with van der Waals surface area (Å²) < 4.78 is 11.9. The molecule has 0 saturated heterocycles. The summed E-state index contributed by atoms with van der Waals surface area (Å²) >= 11 is 1.19. The number of ether oxygens (including phenoxy) is 1. The zero-order valence-corrected chi connectivity index (χ0v) is 21.6. The highest BCUT2D eigenvalue weighted by molar-refractivity contribution is 7.94. The van der Waals surface area contributed by atoms with Crippen LogP contribution in [0.3, 0.4) is 0 Å². The molecule has 2 aliphatic carbocycles. The summed E-state index contributed by atoms with van der Waals surface area (Å²) in [4.78, 5) is 26.8. The fourth-order valence-electron chi connectivity index (χ4n) is 5.66. The maximum atomic E-state index is 13.4. The quantitative estimate of drug-likeness (QED) is 0.243. The Kier molecular flexibility index (Phi) is 7.51. The number of esters is 1. The molecule has 1 aromatic carbocycles. The first-order valence-electron chi connectivity index (χ1n) is 12.0. The largest absolute Gasteiger partial charge is 0.458 e. The van der Waals surface area contributed by atoms with Gasteiger partial charge in [-0.2, -0.15) is 0 Å². The fourth-order valence-corrected chi connectivity index (χ4v) is 6.34. The summed E-state index contributed by atoms with van der Waals surface area (Å²) in [7, 11) is 0. The average molecular weight is 461 g/mol. The lowest BCUT2D eigenvalue weighted by molar-refractivity contribution is -0.191. The van der Waals surface area contributed by atoms with Crippen LogP contribution in [0.4, 0.5) is 0 Å². The van der Waals surface area contributed by atoms with Crippen molar-refractivity contribution in [2.24, 2.45) is 28.6 Å². The van der Waals surface area contributed by atoms with Gasteiger partial charge in [0.05, 0.1) is 6.61 Å². The molecule has 2 fully saturated rings. The molecule has 32 heavy (non-hydrogen) atoms. The first kappa shape index (κ1) is 25.3. The van der Waals surface area contributed by atoms with Crippen LogP contribution in [-0.2, 0) is 18.5 Å². The second kappa shape index (κ2) is 9.50. The molecule has 2 bridgehead atoms. The summed E-state index contributed by atoms with van der Waals surface area (Å²) in [5.41, 5.74) is -0.901. The van der Waals surface area contributed by atoms with E-state index < -0.39 is 17.0 Å². The van der Waals surface area contributed by atoms with Crippen molar-refractivity contribution >= 4 is 23.8 Å². The molecular weight excluding hydrogens is 420 g/mol. The topological polar surface area (TPSA) is 52.6 Å². The van der Waals surface area contributed by atoms with Gasteiger partial charge in [-0.05, 0) is 96.6 Å². The molecule has 0 aliphatic heterocycles. The van der Waals surface area contributed by atoms with Crippen molar-refractivity contribution in [1.82, 2.24) is 0 Å². The van der Waals surface area contributed by atoms with Crippen LogP contribution in [0, 0.1) is 35.5 Å². The highest BCUT2D eigenvalue weighted by Gasteiger charge is 2.53. The second-order valence-electron chi connectivity index (χ2n) is 11.5. The van der Waals surface area contributed by atoms with Crippen molar-refractivity contribution in [3.05, 3.63) is 29.8 Å². The molecule has 2 saturated carbocycles. The van der Waals surface area contributed by atoms with Crippen molar-refractivity contribution in [3.8, 4) is 0 Å². The molecule has 1 aromatic rings. The van der Waals surface area contributed by atoms with Gasteiger partial charge in [0, 0.05) is 22.4 Å². The van der Waals surface area contributed by atoms with Crippen LogP contribution in [0.15, 0.2) is 29.2 Å². The minimum absolute atomic E-state index is 0.0186. The number of Topliss-reactive ketones (excluding diaryl/α,β-unsaturated/α-hetero) is 1. The predicted molar refractivity (Wildman–Crippen MR) is 129 cm³/mol. The molecule has 3 unspecified atom stereocenters. The Labute approximate surface area is 198 Å². The molecule has 5 heteroatoms. The van der Waals surface area contributed by atoms with E-state index in [0.29, 0.717) is 11.8 Å². The number of hydrogen-bond donors (Lipinski definition) is 0. The van der Waals surface area contributed by atoms with Crippen LogP contribution in [0.1, 0.15) is 79.2 Å². The summed E-state index contributed by atoms with van der Waals surface area (Å²) in [6, 6.07) is 7.95. The Morgan fingerprint density at radius 2 is 1.62 bits per heavy atom. The van der Waals surface area contributed by atoms with Crippen molar-refractivity contribution in [1.29, 1.82) is 0 Å². The molecule has 3 rings (SSSR count). The van der Waals surface area contributed by atoms with Crippen molar-refractivity contribution in [3.63, 3.8) is 0 Å². The Hall–Kier alpha value is -1.33. The van der Waals surface area contributed by atoms with E-state index in [1.165, 1.54) is 43.8 Å². The van der Waals surface area contributed by atoms with E-state index >= 15 is 0 Å². The van der Waals surface area contributed by atoms with Gasteiger partial charge in [-0.3, -0.25) is 9.59 Å². The van der Waals surface area contributed by atoms with E-state index in [0.717, 1.165) is 23.7 Å². The molecule has 3 atom stereocenters. The van der Waals surface area contributed by atoms with Gasteiger partial charge in [0.1, 0.15) is 16.8 Å². The molecule has 4 nitrogen and oxygen atoms in total. The Morgan fingerprint density at radius 1 is 1.06 bits per heavy atom. The Balaban J connectivity index is 1.67. The van der Waals surface area contributed by atoms with Gasteiger partial charge in [0.25, 0.3) is 0 Å². The molecule has 0 amide bonds. The van der Waals surface area contributed by atoms with Crippen LogP contribution in [0.25, 0.3) is 0 Å². The van der Waals surface area contributed by atoms with Gasteiger partial charge < -0.3 is 8.92 Å². The molecule has 0 heterocycles. The first-order chi connectivity index (χ1) is 14.8. The van der Waals surface area contributed by atoms with E-state index in [2.05, 4.69) is 13.8 Å². The lowest BCUT2D eigenvalue weighted by Crippen LogP contribution is -2.53. The Bertz CT molecular complexity index is 813. The summed E-state index contributed by atoms with van der Waals surface area (Å²) in [5.74, 6) is 1.48. The standard InChI is InChI=1S/C27H40O4S/c1-18-8-10-23(11-9-18)32-30-17-27(7,20(3)28)24(29)31-25(4,5)26(6)15-21-12-19(2)13-22(14-21)16-26/h8-11,19,21-22H,12-17H2,1-7H3. The zero-order valence-electron chi connectivity index (χ0n) is 20.8. The molecule has 0 aromatic heterocycles. The number of benzene rings is 1. The van der Waals surface area contributed by atoms with Gasteiger partial charge in [0.2, 0.25) is 0 Å². The molecule has 178 valence electrons. The molecule has 0 N–H and O–H groups in total. The molecular formula is C27H40O4S. The average Bonchev–Trinajstić information content (AvgIpc) is 2.67. The van der Waals surface area contributed by atoms with E-state index in [9.17, 15) is 9.59 Å². The molecule has 0 radical (unpaired) electrons. The van der Waals surface area contributed by atoms with Crippen LogP contribution in [0.2, 0.25) is 0 Å². The predicted octanol–water partition coefficient (Wildman–Crippen LogP) is 6.79. The number of hydrogen-bond acceptors (Lipinski definition) is 5. The summed E-state index contributed by atoms with van der Waals surface area (Å²) in [5, 5.41) is 0. The van der Waals surface area contributed by atoms with Crippen LogP contribution in [0.5, 0.6) is 0 Å². The maximum Gasteiger partial charge on any atom is 0.322 e. The monoisotopic (exact) mass is 460 g/mol. The highest BCUT2D eigenvalue weighted by atomic mass is 32.2. The van der Waals surface area contributed by atoms with E-state index in [1.54, 1.807) is 6.92 Å². The number of carbonyl (C=O) groups is 2. The molecule has 0 spiro atoms. The number of carbonyl (C=O) groups excluding carboxylic acids is 2. The number of aryl methyl sites for hydroxylation is 1. The minimum atomic E-state index is -1.33. The smallest absolute Gasteiger partial charge is 0.322 e. The van der Waals surface area contributed by atoms with Crippen molar-refractivity contribution in [2.75, 3.05) is 6.61 Å². The fraction of sp³-hybridized carbons (Fsp3) is 0.704. The van der Waals surface area contributed by atoms with Gasteiger partial charge in [-0.1, -0.05) is 31.5 Å². The lowest BCUT2D eigenvalue weighted by atomic mass is 9.55. The van der Waals surface area contributed by atoms with Crippen LogP contribution >= 0.6 is 12.0 Å². The summed E-state index contributed by atoms with van der Waals surface area (Å²) in [6.45, 7) is 13.8. The van der Waals surface area contributed by atoms with Crippen LogP contribution in [-0.4, -0.2) is 24.0 Å². The van der Waals surface area contributed by atoms with Crippen molar-refractivity contribution in [2.45, 2.75) is 91.1 Å². The van der Waals surface area contributed by atoms with E-state index in [4.69, 9.17) is 8.92 Å². The van der Waals surface area contributed by atoms with Gasteiger partial charge in [0.15, 0.2) is 0 Å². The third-order valence-electron chi connectivity index (χ3n) is 8.17. The van der Waals surface area contributed by atoms with Gasteiger partial charge >= 0.3 is 5.97 Å². The third kappa shape index (κ3) is 5.41. The maximum absolute atomic E-state index is 13.4. The normalized spacial score (nSPS) is 29.8.